The van der Waals surface area contributed by atoms with E-state index in [2.05, 4.69) is 4.90 Å². The van der Waals surface area contributed by atoms with Crippen molar-refractivity contribution < 1.29 is 9.84 Å². The molecule has 14 heavy (non-hydrogen) atoms. The van der Waals surface area contributed by atoms with E-state index in [4.69, 9.17) is 4.74 Å². The molecule has 2 rings (SSSR count). The van der Waals surface area contributed by atoms with Crippen LogP contribution in [0.4, 0.5) is 0 Å². The lowest BCUT2D eigenvalue weighted by molar-refractivity contribution is 0.184. The van der Waals surface area contributed by atoms with Gasteiger partial charge in [-0.15, -0.1) is 0 Å². The number of nitrogens with zero attached hydrogens (tertiary/aromatic N) is 1. The third-order valence-electron chi connectivity index (χ3n) is 2.64. The minimum Gasteiger partial charge on any atom is -0.504 e. The van der Waals surface area contributed by atoms with Crippen molar-refractivity contribution in [3.05, 3.63) is 23.8 Å². The highest BCUT2D eigenvalue weighted by Gasteiger charge is 2.24. The highest BCUT2D eigenvalue weighted by molar-refractivity contribution is 5.48. The zero-order valence-electron chi connectivity index (χ0n) is 8.53. The summed E-state index contributed by atoms with van der Waals surface area (Å²) in [6.45, 7) is 0.674. The minimum atomic E-state index is 0.244. The van der Waals surface area contributed by atoms with Crippen LogP contribution in [-0.4, -0.2) is 30.7 Å². The Balaban J connectivity index is 2.44. The van der Waals surface area contributed by atoms with Crippen LogP contribution in [0.25, 0.3) is 0 Å². The van der Waals surface area contributed by atoms with Gasteiger partial charge in [0.1, 0.15) is 0 Å². The first-order valence-corrected chi connectivity index (χ1v) is 4.81. The van der Waals surface area contributed by atoms with Crippen LogP contribution >= 0.6 is 0 Å². The first kappa shape index (κ1) is 9.34. The van der Waals surface area contributed by atoms with Gasteiger partial charge in [0.25, 0.3) is 0 Å². The largest absolute Gasteiger partial charge is 0.504 e. The lowest BCUT2D eigenvalue weighted by Gasteiger charge is -2.30. The van der Waals surface area contributed by atoms with Crippen molar-refractivity contribution in [1.29, 1.82) is 0 Å². The molecule has 0 fully saturated rings. The van der Waals surface area contributed by atoms with E-state index in [1.165, 1.54) is 0 Å². The molecule has 1 atom stereocenters. The SMILES string of the molecule is CN(C)C1CCOc2c(O)cccc21. The molecule has 3 nitrogen and oxygen atoms in total. The summed E-state index contributed by atoms with van der Waals surface area (Å²) in [6, 6.07) is 5.89. The number of ether oxygens (including phenoxy) is 1. The Kier molecular flexibility index (Phi) is 2.33. The third-order valence-corrected chi connectivity index (χ3v) is 2.64. The monoisotopic (exact) mass is 193 g/mol. The fourth-order valence-corrected chi connectivity index (χ4v) is 1.93. The van der Waals surface area contributed by atoms with Crippen molar-refractivity contribution in [3.8, 4) is 11.5 Å². The lowest BCUT2D eigenvalue weighted by Crippen LogP contribution is -2.26. The van der Waals surface area contributed by atoms with Crippen LogP contribution < -0.4 is 4.74 Å². The van der Waals surface area contributed by atoms with Gasteiger partial charge >= 0.3 is 0 Å². The maximum Gasteiger partial charge on any atom is 0.165 e. The van der Waals surface area contributed by atoms with Crippen molar-refractivity contribution in [1.82, 2.24) is 4.90 Å². The molecule has 0 saturated carbocycles. The molecule has 0 aromatic heterocycles. The van der Waals surface area contributed by atoms with Gasteiger partial charge in [-0.2, -0.15) is 0 Å². The summed E-state index contributed by atoms with van der Waals surface area (Å²) in [4.78, 5) is 2.15. The maximum absolute atomic E-state index is 9.61. The molecule has 1 aliphatic rings. The number of phenols is 1. The molecular formula is C11H15NO2. The molecular weight excluding hydrogens is 178 g/mol. The predicted molar refractivity (Wildman–Crippen MR) is 54.6 cm³/mol. The number of phenolic OH excluding ortho intramolecular Hbond substituents is 1. The third kappa shape index (κ3) is 1.44. The maximum atomic E-state index is 9.61. The summed E-state index contributed by atoms with van der Waals surface area (Å²) in [5.41, 5.74) is 1.08. The second-order valence-electron chi connectivity index (χ2n) is 3.81. The van der Waals surface area contributed by atoms with Gasteiger partial charge in [0.15, 0.2) is 11.5 Å². The average Bonchev–Trinajstić information content (AvgIpc) is 2.17. The number of aromatic hydroxyl groups is 1. The van der Waals surface area contributed by atoms with Crippen molar-refractivity contribution >= 4 is 0 Å². The summed E-state index contributed by atoms with van der Waals surface area (Å²) >= 11 is 0. The second kappa shape index (κ2) is 3.50. The standard InChI is InChI=1S/C11H15NO2/c1-12(2)9-6-7-14-11-8(9)4-3-5-10(11)13/h3-5,9,13H,6-7H2,1-2H3. The molecule has 1 aromatic rings. The highest BCUT2D eigenvalue weighted by Crippen LogP contribution is 2.40. The van der Waals surface area contributed by atoms with Crippen molar-refractivity contribution in [2.75, 3.05) is 20.7 Å². The molecule has 0 bridgehead atoms. The van der Waals surface area contributed by atoms with Crippen LogP contribution in [0, 0.1) is 0 Å². The van der Waals surface area contributed by atoms with E-state index < -0.39 is 0 Å². The summed E-state index contributed by atoms with van der Waals surface area (Å²) < 4.78 is 5.46. The molecule has 3 heteroatoms. The molecule has 0 aliphatic carbocycles. The molecule has 76 valence electrons. The smallest absolute Gasteiger partial charge is 0.165 e. The Bertz CT molecular complexity index is 336. The molecule has 1 unspecified atom stereocenters. The fraction of sp³-hybridized carbons (Fsp3) is 0.455. The summed E-state index contributed by atoms with van der Waals surface area (Å²) in [5, 5.41) is 9.61. The number of hydrogen-bond donors (Lipinski definition) is 1. The van der Waals surface area contributed by atoms with Crippen LogP contribution in [0.1, 0.15) is 18.0 Å². The van der Waals surface area contributed by atoms with Crippen LogP contribution in [0.15, 0.2) is 18.2 Å². The zero-order chi connectivity index (χ0) is 10.1. The van der Waals surface area contributed by atoms with Gasteiger partial charge in [0.2, 0.25) is 0 Å². The van der Waals surface area contributed by atoms with E-state index in [1.54, 1.807) is 6.07 Å². The average molecular weight is 193 g/mol. The van der Waals surface area contributed by atoms with Gasteiger partial charge in [0, 0.05) is 18.0 Å². The van der Waals surface area contributed by atoms with Crippen molar-refractivity contribution in [2.45, 2.75) is 12.5 Å². The van der Waals surface area contributed by atoms with E-state index in [-0.39, 0.29) is 5.75 Å². The molecule has 0 amide bonds. The van der Waals surface area contributed by atoms with E-state index in [1.807, 2.05) is 26.2 Å². The van der Waals surface area contributed by atoms with Crippen LogP contribution in [0.3, 0.4) is 0 Å². The molecule has 1 N–H and O–H groups in total. The number of fused-ring (bicyclic) bond motifs is 1. The first-order chi connectivity index (χ1) is 6.70. The van der Waals surface area contributed by atoms with E-state index in [0.717, 1.165) is 12.0 Å². The number of benzene rings is 1. The van der Waals surface area contributed by atoms with Gasteiger partial charge < -0.3 is 14.7 Å². The number of hydrogen-bond acceptors (Lipinski definition) is 3. The van der Waals surface area contributed by atoms with Gasteiger partial charge in [-0.3, -0.25) is 0 Å². The molecule has 0 saturated heterocycles. The van der Waals surface area contributed by atoms with Crippen molar-refractivity contribution in [3.63, 3.8) is 0 Å². The van der Waals surface area contributed by atoms with Crippen LogP contribution in [0.5, 0.6) is 11.5 Å². The molecule has 1 aliphatic heterocycles. The number of para-hydroxylation sites is 1. The van der Waals surface area contributed by atoms with Crippen molar-refractivity contribution in [2.24, 2.45) is 0 Å². The fourth-order valence-electron chi connectivity index (χ4n) is 1.93. The first-order valence-electron chi connectivity index (χ1n) is 4.81. The van der Waals surface area contributed by atoms with Gasteiger partial charge in [0.05, 0.1) is 6.61 Å². The van der Waals surface area contributed by atoms with Crippen LogP contribution in [-0.2, 0) is 0 Å². The van der Waals surface area contributed by atoms with E-state index in [9.17, 15) is 5.11 Å². The molecule has 1 aromatic carbocycles. The topological polar surface area (TPSA) is 32.7 Å². The second-order valence-corrected chi connectivity index (χ2v) is 3.81. The highest BCUT2D eigenvalue weighted by atomic mass is 16.5. The van der Waals surface area contributed by atoms with Gasteiger partial charge in [-0.1, -0.05) is 12.1 Å². The van der Waals surface area contributed by atoms with Gasteiger partial charge in [-0.05, 0) is 20.2 Å². The lowest BCUT2D eigenvalue weighted by atomic mass is 9.99. The predicted octanol–water partition coefficient (Wildman–Crippen LogP) is 1.78. The Morgan fingerprint density at radius 2 is 2.21 bits per heavy atom. The normalized spacial score (nSPS) is 20.4. The van der Waals surface area contributed by atoms with E-state index >= 15 is 0 Å². The summed E-state index contributed by atoms with van der Waals surface area (Å²) in [7, 11) is 4.09. The van der Waals surface area contributed by atoms with Gasteiger partial charge in [-0.25, -0.2) is 0 Å². The minimum absolute atomic E-state index is 0.244. The Hall–Kier alpha value is -1.22. The Morgan fingerprint density at radius 3 is 2.93 bits per heavy atom. The molecule has 0 radical (unpaired) electrons. The molecule has 0 spiro atoms. The quantitative estimate of drug-likeness (QED) is 0.738. The zero-order valence-corrected chi connectivity index (χ0v) is 8.53. The Morgan fingerprint density at radius 1 is 1.43 bits per heavy atom. The summed E-state index contributed by atoms with van der Waals surface area (Å²) in [5.74, 6) is 0.895. The Labute approximate surface area is 83.9 Å². The van der Waals surface area contributed by atoms with Crippen LogP contribution in [0.2, 0.25) is 0 Å². The molecule has 1 heterocycles. The summed E-state index contributed by atoms with van der Waals surface area (Å²) in [6.07, 6.45) is 0.976. The van der Waals surface area contributed by atoms with E-state index in [0.29, 0.717) is 18.4 Å². The number of rotatable bonds is 1.